The van der Waals surface area contributed by atoms with Crippen molar-refractivity contribution in [2.24, 2.45) is 0 Å². The summed E-state index contributed by atoms with van der Waals surface area (Å²) in [6, 6.07) is 0.257. The number of rotatable bonds is 6. The molecular formula is C14H15ClF3NO5S. The van der Waals surface area contributed by atoms with Crippen LogP contribution in [0.25, 0.3) is 0 Å². The van der Waals surface area contributed by atoms with E-state index in [1.165, 1.54) is 13.8 Å². The van der Waals surface area contributed by atoms with Gasteiger partial charge in [0.15, 0.2) is 14.7 Å². The summed E-state index contributed by atoms with van der Waals surface area (Å²) in [6.45, 7) is 3.89. The molecule has 0 saturated heterocycles. The first-order valence-corrected chi connectivity index (χ1v) is 9.05. The third-order valence-corrected chi connectivity index (χ3v) is 6.57. The lowest BCUT2D eigenvalue weighted by molar-refractivity contribution is -0.388. The maximum atomic E-state index is 13.4. The fourth-order valence-corrected chi connectivity index (χ4v) is 4.95. The first-order valence-electron chi connectivity index (χ1n) is 7.13. The monoisotopic (exact) mass is 401 g/mol. The highest BCUT2D eigenvalue weighted by molar-refractivity contribution is 7.92. The van der Waals surface area contributed by atoms with Gasteiger partial charge >= 0.3 is 6.18 Å². The average Bonchev–Trinajstić information content (AvgIpc) is 2.45. The van der Waals surface area contributed by atoms with E-state index < -0.39 is 58.7 Å². The van der Waals surface area contributed by atoms with Crippen LogP contribution in [0.15, 0.2) is 11.0 Å². The molecule has 0 saturated carbocycles. The number of hydrogen-bond acceptors (Lipinski definition) is 5. The molecule has 11 heteroatoms. The number of carbonyl (C=O) groups excluding carboxylic acids is 1. The normalized spacial score (nSPS) is 12.5. The number of nitro groups is 1. The zero-order valence-electron chi connectivity index (χ0n) is 13.5. The Labute approximate surface area is 147 Å². The molecule has 0 heterocycles. The first kappa shape index (κ1) is 21.4. The summed E-state index contributed by atoms with van der Waals surface area (Å²) in [7, 11) is -4.67. The van der Waals surface area contributed by atoms with Crippen molar-refractivity contribution in [1.82, 2.24) is 0 Å². The molecule has 0 radical (unpaired) electrons. The average molecular weight is 402 g/mol. The fourth-order valence-electron chi connectivity index (χ4n) is 2.56. The number of benzene rings is 1. The molecule has 25 heavy (non-hydrogen) atoms. The van der Waals surface area contributed by atoms with Gasteiger partial charge in [-0.3, -0.25) is 14.9 Å². The number of sulfone groups is 1. The van der Waals surface area contributed by atoms with Gasteiger partial charge in [0.25, 0.3) is 10.9 Å². The van der Waals surface area contributed by atoms with E-state index in [4.69, 9.17) is 11.6 Å². The van der Waals surface area contributed by atoms with E-state index >= 15 is 0 Å². The highest BCUT2D eigenvalue weighted by Gasteiger charge is 2.45. The minimum Gasteiger partial charge on any atom is -0.276 e. The van der Waals surface area contributed by atoms with E-state index in [9.17, 15) is 36.5 Å². The Kier molecular flexibility index (Phi) is 6.22. The van der Waals surface area contributed by atoms with Crippen molar-refractivity contribution in [2.45, 2.75) is 49.9 Å². The van der Waals surface area contributed by atoms with Crippen LogP contribution in [0.2, 0.25) is 0 Å². The van der Waals surface area contributed by atoms with E-state index in [0.29, 0.717) is 0 Å². The Morgan fingerprint density at radius 1 is 1.32 bits per heavy atom. The number of hydrogen-bond donors (Lipinski definition) is 0. The maximum Gasteiger partial charge on any atom is 0.417 e. The van der Waals surface area contributed by atoms with Crippen LogP contribution in [0.5, 0.6) is 0 Å². The van der Waals surface area contributed by atoms with Crippen molar-refractivity contribution >= 4 is 32.4 Å². The largest absolute Gasteiger partial charge is 0.417 e. The number of nitrogens with zero attached hydrogens (tertiary/aromatic N) is 1. The van der Waals surface area contributed by atoms with Gasteiger partial charge in [-0.15, -0.1) is 0 Å². The summed E-state index contributed by atoms with van der Waals surface area (Å²) in [5.41, 5.74) is -4.32. The summed E-state index contributed by atoms with van der Waals surface area (Å²) < 4.78 is 65.7. The Morgan fingerprint density at radius 3 is 2.12 bits per heavy atom. The van der Waals surface area contributed by atoms with Gasteiger partial charge in [0, 0.05) is 11.1 Å². The van der Waals surface area contributed by atoms with E-state index in [0.717, 1.165) is 6.92 Å². The molecule has 0 atom stereocenters. The number of alkyl halides is 3. The van der Waals surface area contributed by atoms with Gasteiger partial charge in [0.2, 0.25) is 0 Å². The minimum absolute atomic E-state index is 0.0253. The molecule has 0 aliphatic heterocycles. The number of nitro benzene ring substituents is 1. The third kappa shape index (κ3) is 3.95. The highest BCUT2D eigenvalue weighted by Crippen LogP contribution is 2.44. The van der Waals surface area contributed by atoms with Gasteiger partial charge in [-0.1, -0.05) is 13.8 Å². The molecule has 140 valence electrons. The van der Waals surface area contributed by atoms with Crippen molar-refractivity contribution in [3.05, 3.63) is 32.9 Å². The van der Waals surface area contributed by atoms with Gasteiger partial charge in [0.05, 0.1) is 15.7 Å². The van der Waals surface area contributed by atoms with E-state index in [1.54, 1.807) is 0 Å². The third-order valence-electron chi connectivity index (χ3n) is 3.84. The quantitative estimate of drug-likeness (QED) is 0.403. The Bertz CT molecular complexity index is 817. The van der Waals surface area contributed by atoms with Gasteiger partial charge in [0.1, 0.15) is 0 Å². The van der Waals surface area contributed by atoms with Crippen molar-refractivity contribution in [3.63, 3.8) is 0 Å². The zero-order chi connectivity index (χ0) is 19.7. The van der Waals surface area contributed by atoms with Crippen LogP contribution in [-0.4, -0.2) is 23.8 Å². The molecule has 0 amide bonds. The standard InChI is InChI=1S/C14H15ClF3NO5S/c1-4-8(5-2)25(23,24)12-10(14(16,17)18)6-9(13(15)20)7(3)11(12)19(21)22/h6,8H,4-5H2,1-3H3. The highest BCUT2D eigenvalue weighted by atomic mass is 35.5. The molecule has 0 bridgehead atoms. The lowest BCUT2D eigenvalue weighted by Gasteiger charge is -2.20. The second-order valence-electron chi connectivity index (χ2n) is 5.29. The Balaban J connectivity index is 4.16. The lowest BCUT2D eigenvalue weighted by atomic mass is 10.0. The topological polar surface area (TPSA) is 94.3 Å². The summed E-state index contributed by atoms with van der Waals surface area (Å²) in [4.78, 5) is 20.1. The van der Waals surface area contributed by atoms with Gasteiger partial charge in [-0.2, -0.15) is 13.2 Å². The van der Waals surface area contributed by atoms with Crippen LogP contribution in [0.3, 0.4) is 0 Å². The van der Waals surface area contributed by atoms with Crippen LogP contribution >= 0.6 is 11.6 Å². The van der Waals surface area contributed by atoms with E-state index in [1.807, 2.05) is 0 Å². The van der Waals surface area contributed by atoms with Gasteiger partial charge in [-0.25, -0.2) is 8.42 Å². The van der Waals surface area contributed by atoms with Crippen molar-refractivity contribution < 1.29 is 31.3 Å². The summed E-state index contributed by atoms with van der Waals surface area (Å²) >= 11 is 5.21. The van der Waals surface area contributed by atoms with Crippen LogP contribution in [0.4, 0.5) is 18.9 Å². The molecule has 0 fully saturated rings. The first-order chi connectivity index (χ1) is 11.3. The summed E-state index contributed by atoms with van der Waals surface area (Å²) in [5.74, 6) is 0. The van der Waals surface area contributed by atoms with Crippen molar-refractivity contribution in [3.8, 4) is 0 Å². The van der Waals surface area contributed by atoms with Gasteiger partial charge in [-0.05, 0) is 37.4 Å². The van der Waals surface area contributed by atoms with Gasteiger partial charge < -0.3 is 0 Å². The van der Waals surface area contributed by atoms with Crippen LogP contribution < -0.4 is 0 Å². The number of carbonyl (C=O) groups is 1. The molecule has 6 nitrogen and oxygen atoms in total. The van der Waals surface area contributed by atoms with Crippen molar-refractivity contribution in [2.75, 3.05) is 0 Å². The molecule has 0 aliphatic carbocycles. The second-order valence-corrected chi connectivity index (χ2v) is 7.79. The second kappa shape index (κ2) is 7.28. The molecule has 0 spiro atoms. The maximum absolute atomic E-state index is 13.4. The summed E-state index contributed by atoms with van der Waals surface area (Å²) in [6.07, 6.45) is -5.28. The van der Waals surface area contributed by atoms with Crippen LogP contribution in [0, 0.1) is 17.0 Å². The van der Waals surface area contributed by atoms with E-state index in [2.05, 4.69) is 0 Å². The molecule has 1 aromatic carbocycles. The minimum atomic E-state index is -5.23. The molecule has 0 N–H and O–H groups in total. The van der Waals surface area contributed by atoms with E-state index in [-0.39, 0.29) is 18.9 Å². The van der Waals surface area contributed by atoms with Crippen molar-refractivity contribution in [1.29, 1.82) is 0 Å². The predicted octanol–water partition coefficient (Wildman–Crippen LogP) is 4.26. The van der Waals surface area contributed by atoms with Crippen LogP contribution in [0.1, 0.15) is 48.2 Å². The Hall–Kier alpha value is -1.68. The Morgan fingerprint density at radius 2 is 1.80 bits per heavy atom. The molecule has 1 aromatic rings. The molecule has 0 aromatic heterocycles. The molecular weight excluding hydrogens is 387 g/mol. The zero-order valence-corrected chi connectivity index (χ0v) is 15.0. The predicted molar refractivity (Wildman–Crippen MR) is 84.6 cm³/mol. The fraction of sp³-hybridized carbons (Fsp3) is 0.500. The molecule has 0 aliphatic rings. The lowest BCUT2D eigenvalue weighted by Crippen LogP contribution is -2.25. The summed E-state index contributed by atoms with van der Waals surface area (Å²) in [5, 5.41) is 8.78. The molecule has 0 unspecified atom stereocenters. The van der Waals surface area contributed by atoms with Crippen LogP contribution in [-0.2, 0) is 16.0 Å². The number of halogens is 4. The smallest absolute Gasteiger partial charge is 0.276 e. The molecule has 1 rings (SSSR count). The SMILES string of the molecule is CCC(CC)S(=O)(=O)c1c(C(F)(F)F)cc(C(=O)Cl)c(C)c1[N+](=O)[O-].